The van der Waals surface area contributed by atoms with Crippen molar-refractivity contribution in [2.24, 2.45) is 0 Å². The average Bonchev–Trinajstić information content (AvgIpc) is 2.40. The van der Waals surface area contributed by atoms with Crippen LogP contribution in [0.4, 0.5) is 5.69 Å². The summed E-state index contributed by atoms with van der Waals surface area (Å²) < 4.78 is 1.10. The molecule has 0 fully saturated rings. The first-order valence-corrected chi connectivity index (χ1v) is 7.23. The normalized spacial score (nSPS) is 12.2. The van der Waals surface area contributed by atoms with Crippen LogP contribution in [0.1, 0.15) is 31.0 Å². The minimum Gasteiger partial charge on any atom is -0.508 e. The van der Waals surface area contributed by atoms with Crippen LogP contribution in [0.5, 0.6) is 5.75 Å². The first kappa shape index (κ1) is 13.9. The third-order valence-electron chi connectivity index (χ3n) is 3.19. The number of hydrogen-bond donors (Lipinski definition) is 2. The molecule has 2 nitrogen and oxygen atoms in total. The Bertz CT molecular complexity index is 568. The van der Waals surface area contributed by atoms with Crippen molar-refractivity contribution in [2.45, 2.75) is 26.3 Å². The molecule has 0 saturated heterocycles. The molecule has 1 unspecified atom stereocenters. The van der Waals surface area contributed by atoms with Crippen molar-refractivity contribution in [1.82, 2.24) is 0 Å². The first-order chi connectivity index (χ1) is 9.10. The van der Waals surface area contributed by atoms with Gasteiger partial charge < -0.3 is 10.4 Å². The van der Waals surface area contributed by atoms with E-state index in [-0.39, 0.29) is 6.04 Å². The quantitative estimate of drug-likeness (QED) is 0.840. The molecule has 2 N–H and O–H groups in total. The number of aromatic hydroxyl groups is 1. The second-order valence-corrected chi connectivity index (χ2v) is 5.53. The minimum absolute atomic E-state index is 0.151. The van der Waals surface area contributed by atoms with E-state index in [1.807, 2.05) is 18.2 Å². The van der Waals surface area contributed by atoms with Crippen LogP contribution in [0.3, 0.4) is 0 Å². The van der Waals surface area contributed by atoms with Gasteiger partial charge in [0.2, 0.25) is 0 Å². The lowest BCUT2D eigenvalue weighted by Crippen LogP contribution is -2.08. The summed E-state index contributed by atoms with van der Waals surface area (Å²) in [5.74, 6) is 0.303. The number of rotatable bonds is 4. The van der Waals surface area contributed by atoms with Crippen LogP contribution in [0.25, 0.3) is 0 Å². The van der Waals surface area contributed by atoms with E-state index in [1.165, 1.54) is 5.56 Å². The smallest absolute Gasteiger partial charge is 0.115 e. The average molecular weight is 320 g/mol. The minimum atomic E-state index is 0.151. The summed E-state index contributed by atoms with van der Waals surface area (Å²) in [5.41, 5.74) is 3.49. The molecule has 0 bridgehead atoms. The Hall–Kier alpha value is -1.48. The van der Waals surface area contributed by atoms with E-state index < -0.39 is 0 Å². The molecular formula is C16H18BrNO. The molecule has 19 heavy (non-hydrogen) atoms. The van der Waals surface area contributed by atoms with E-state index >= 15 is 0 Å². The van der Waals surface area contributed by atoms with Crippen LogP contribution in [0.2, 0.25) is 0 Å². The summed E-state index contributed by atoms with van der Waals surface area (Å²) in [5, 5.41) is 13.0. The third-order valence-corrected chi connectivity index (χ3v) is 3.68. The zero-order valence-electron chi connectivity index (χ0n) is 11.2. The second kappa shape index (κ2) is 6.11. The highest BCUT2D eigenvalue weighted by Crippen LogP contribution is 2.26. The number of phenols is 1. The van der Waals surface area contributed by atoms with Gasteiger partial charge in [0, 0.05) is 16.2 Å². The second-order valence-electron chi connectivity index (χ2n) is 4.62. The van der Waals surface area contributed by atoms with Crippen LogP contribution in [-0.2, 0) is 6.42 Å². The van der Waals surface area contributed by atoms with Gasteiger partial charge in [0.15, 0.2) is 0 Å². The van der Waals surface area contributed by atoms with E-state index in [0.717, 1.165) is 22.1 Å². The largest absolute Gasteiger partial charge is 0.508 e. The van der Waals surface area contributed by atoms with Crippen LogP contribution in [0, 0.1) is 0 Å². The summed E-state index contributed by atoms with van der Waals surface area (Å²) in [6, 6.07) is 13.8. The predicted molar refractivity (Wildman–Crippen MR) is 83.7 cm³/mol. The topological polar surface area (TPSA) is 32.3 Å². The van der Waals surface area contributed by atoms with Crippen molar-refractivity contribution in [3.05, 3.63) is 58.1 Å². The van der Waals surface area contributed by atoms with Gasteiger partial charge in [-0.05, 0) is 54.8 Å². The Morgan fingerprint density at radius 2 is 2.00 bits per heavy atom. The van der Waals surface area contributed by atoms with Crippen molar-refractivity contribution in [2.75, 3.05) is 5.32 Å². The van der Waals surface area contributed by atoms with E-state index in [2.05, 4.69) is 47.2 Å². The number of halogens is 1. The van der Waals surface area contributed by atoms with Gasteiger partial charge in [-0.15, -0.1) is 0 Å². The molecule has 3 heteroatoms. The maximum Gasteiger partial charge on any atom is 0.115 e. The zero-order chi connectivity index (χ0) is 13.8. The highest BCUT2D eigenvalue weighted by Gasteiger charge is 2.08. The Labute approximate surface area is 122 Å². The zero-order valence-corrected chi connectivity index (χ0v) is 12.7. The van der Waals surface area contributed by atoms with Crippen molar-refractivity contribution >= 4 is 21.6 Å². The maximum absolute atomic E-state index is 9.53. The van der Waals surface area contributed by atoms with Crippen LogP contribution >= 0.6 is 15.9 Å². The SMILES string of the molecule is CCc1cc(Br)ccc1NC(C)c1cccc(O)c1. The van der Waals surface area contributed by atoms with Crippen molar-refractivity contribution in [3.63, 3.8) is 0 Å². The Kier molecular flexibility index (Phi) is 4.48. The molecule has 0 saturated carbocycles. The summed E-state index contributed by atoms with van der Waals surface area (Å²) in [6.07, 6.45) is 0.981. The van der Waals surface area contributed by atoms with E-state index in [4.69, 9.17) is 0 Å². The molecule has 2 aromatic carbocycles. The number of anilines is 1. The Morgan fingerprint density at radius 1 is 1.21 bits per heavy atom. The summed E-state index contributed by atoms with van der Waals surface area (Å²) in [4.78, 5) is 0. The van der Waals surface area contributed by atoms with Gasteiger partial charge >= 0.3 is 0 Å². The fourth-order valence-electron chi connectivity index (χ4n) is 2.11. The van der Waals surface area contributed by atoms with Crippen LogP contribution < -0.4 is 5.32 Å². The number of aryl methyl sites for hydroxylation is 1. The van der Waals surface area contributed by atoms with Gasteiger partial charge in [0.25, 0.3) is 0 Å². The number of nitrogens with one attached hydrogen (secondary N) is 1. The van der Waals surface area contributed by atoms with Gasteiger partial charge in [-0.25, -0.2) is 0 Å². The highest BCUT2D eigenvalue weighted by atomic mass is 79.9. The fraction of sp³-hybridized carbons (Fsp3) is 0.250. The molecule has 0 spiro atoms. The van der Waals surface area contributed by atoms with Crippen LogP contribution in [0.15, 0.2) is 46.9 Å². The Morgan fingerprint density at radius 3 is 2.68 bits per heavy atom. The monoisotopic (exact) mass is 319 g/mol. The predicted octanol–water partition coefficient (Wildman–Crippen LogP) is 4.89. The molecule has 0 aliphatic rings. The van der Waals surface area contributed by atoms with E-state index in [1.54, 1.807) is 12.1 Å². The lowest BCUT2D eigenvalue weighted by Gasteiger charge is -2.18. The van der Waals surface area contributed by atoms with Gasteiger partial charge in [-0.3, -0.25) is 0 Å². The van der Waals surface area contributed by atoms with Gasteiger partial charge in [-0.2, -0.15) is 0 Å². The molecule has 0 aliphatic heterocycles. The van der Waals surface area contributed by atoms with Crippen molar-refractivity contribution in [3.8, 4) is 5.75 Å². The molecular weight excluding hydrogens is 302 g/mol. The van der Waals surface area contributed by atoms with Gasteiger partial charge in [0.05, 0.1) is 0 Å². The molecule has 100 valence electrons. The highest BCUT2D eigenvalue weighted by molar-refractivity contribution is 9.10. The van der Waals surface area contributed by atoms with Crippen LogP contribution in [-0.4, -0.2) is 5.11 Å². The lowest BCUT2D eigenvalue weighted by atomic mass is 10.1. The fourth-order valence-corrected chi connectivity index (χ4v) is 2.51. The molecule has 2 rings (SSSR count). The molecule has 2 aromatic rings. The maximum atomic E-state index is 9.53. The summed E-state index contributed by atoms with van der Waals surface area (Å²) >= 11 is 3.50. The lowest BCUT2D eigenvalue weighted by molar-refractivity contribution is 0.474. The van der Waals surface area contributed by atoms with E-state index in [0.29, 0.717) is 5.75 Å². The molecule has 0 heterocycles. The summed E-state index contributed by atoms with van der Waals surface area (Å²) in [7, 11) is 0. The molecule has 1 atom stereocenters. The molecule has 0 aliphatic carbocycles. The molecule has 0 amide bonds. The van der Waals surface area contributed by atoms with E-state index in [9.17, 15) is 5.11 Å². The summed E-state index contributed by atoms with van der Waals surface area (Å²) in [6.45, 7) is 4.24. The number of hydrogen-bond acceptors (Lipinski definition) is 2. The number of phenolic OH excluding ortho intramolecular Hbond substituents is 1. The van der Waals surface area contributed by atoms with Gasteiger partial charge in [0.1, 0.15) is 5.75 Å². The standard InChI is InChI=1S/C16H18BrNO/c1-3-12-9-14(17)7-8-16(12)18-11(2)13-5-4-6-15(19)10-13/h4-11,18-19H,3H2,1-2H3. The first-order valence-electron chi connectivity index (χ1n) is 6.44. The van der Waals surface area contributed by atoms with Crippen molar-refractivity contribution in [1.29, 1.82) is 0 Å². The number of benzene rings is 2. The molecule has 0 aromatic heterocycles. The van der Waals surface area contributed by atoms with Gasteiger partial charge in [-0.1, -0.05) is 35.0 Å². The third kappa shape index (κ3) is 3.51. The Balaban J connectivity index is 2.21. The van der Waals surface area contributed by atoms with Crippen molar-refractivity contribution < 1.29 is 5.11 Å². The molecule has 0 radical (unpaired) electrons.